The molecule has 1 aromatic rings. The Morgan fingerprint density at radius 2 is 2.28 bits per heavy atom. The van der Waals surface area contributed by atoms with E-state index in [9.17, 15) is 13.6 Å². The molecule has 7 heteroatoms. The highest BCUT2D eigenvalue weighted by atomic mass is 35.5. The first kappa shape index (κ1) is 12.9. The van der Waals surface area contributed by atoms with Crippen LogP contribution in [0, 0.1) is 0 Å². The molecule has 1 aliphatic heterocycles. The summed E-state index contributed by atoms with van der Waals surface area (Å²) in [4.78, 5) is 11.1. The zero-order chi connectivity index (χ0) is 13.3. The lowest BCUT2D eigenvalue weighted by Gasteiger charge is -2.32. The van der Waals surface area contributed by atoms with E-state index < -0.39 is 24.7 Å². The molecule has 1 aliphatic rings. The van der Waals surface area contributed by atoms with Gasteiger partial charge in [0.05, 0.1) is 7.11 Å². The number of ether oxygens (including phenoxy) is 2. The summed E-state index contributed by atoms with van der Waals surface area (Å²) in [6.07, 6.45) is -0.895. The second-order valence-corrected chi connectivity index (χ2v) is 4.24. The Bertz CT molecular complexity index is 481. The number of methoxy groups -OCH3 is 1. The molecule has 0 radical (unpaired) electrons. The summed E-state index contributed by atoms with van der Waals surface area (Å²) in [5.74, 6) is -3.00. The minimum Gasteiger partial charge on any atom is -0.496 e. The van der Waals surface area contributed by atoms with Crippen molar-refractivity contribution in [3.8, 4) is 5.75 Å². The molecule has 0 aliphatic carbocycles. The number of benzene rings is 1. The lowest BCUT2D eigenvalue weighted by atomic mass is 9.99. The van der Waals surface area contributed by atoms with Gasteiger partial charge >= 0.3 is 12.0 Å². The highest BCUT2D eigenvalue weighted by Crippen LogP contribution is 2.39. The Morgan fingerprint density at radius 1 is 1.56 bits per heavy atom. The molecule has 0 spiro atoms. The second-order valence-electron chi connectivity index (χ2n) is 3.80. The van der Waals surface area contributed by atoms with E-state index >= 15 is 0 Å². The predicted molar refractivity (Wildman–Crippen MR) is 60.2 cm³/mol. The molecule has 1 aromatic carbocycles. The fourth-order valence-corrected chi connectivity index (χ4v) is 1.93. The van der Waals surface area contributed by atoms with E-state index in [1.54, 1.807) is 0 Å². The van der Waals surface area contributed by atoms with Crippen LogP contribution in [0.3, 0.4) is 0 Å². The number of carbonyl (C=O) groups excluding carboxylic acids is 1. The lowest BCUT2D eigenvalue weighted by Crippen LogP contribution is -2.49. The number of halogens is 3. The van der Waals surface area contributed by atoms with Gasteiger partial charge in [0.1, 0.15) is 11.8 Å². The van der Waals surface area contributed by atoms with E-state index in [0.717, 1.165) is 0 Å². The number of alkyl halides is 2. The van der Waals surface area contributed by atoms with Gasteiger partial charge < -0.3 is 14.8 Å². The Balaban J connectivity index is 2.45. The first-order chi connectivity index (χ1) is 8.44. The fraction of sp³-hybridized carbons (Fsp3) is 0.364. The third-order valence-electron chi connectivity index (χ3n) is 2.58. The molecule has 4 nitrogen and oxygen atoms in total. The van der Waals surface area contributed by atoms with Crippen molar-refractivity contribution in [2.24, 2.45) is 0 Å². The second kappa shape index (κ2) is 4.61. The van der Waals surface area contributed by atoms with Crippen molar-refractivity contribution in [1.29, 1.82) is 0 Å². The van der Waals surface area contributed by atoms with Crippen molar-refractivity contribution in [2.45, 2.75) is 12.0 Å². The van der Waals surface area contributed by atoms with Crippen molar-refractivity contribution in [2.75, 3.05) is 13.7 Å². The molecule has 98 valence electrons. The van der Waals surface area contributed by atoms with Crippen LogP contribution in [0.25, 0.3) is 0 Å². The van der Waals surface area contributed by atoms with E-state index in [1.807, 2.05) is 0 Å². The van der Waals surface area contributed by atoms with Crippen LogP contribution in [0.4, 0.5) is 13.6 Å². The average Bonchev–Trinajstić information content (AvgIpc) is 2.32. The van der Waals surface area contributed by atoms with Crippen LogP contribution in [0.2, 0.25) is 5.02 Å². The topological polar surface area (TPSA) is 47.6 Å². The van der Waals surface area contributed by atoms with Crippen LogP contribution >= 0.6 is 11.6 Å². The van der Waals surface area contributed by atoms with Crippen LogP contribution < -0.4 is 10.1 Å². The molecule has 0 saturated carbocycles. The third-order valence-corrected chi connectivity index (χ3v) is 2.82. The number of rotatable bonds is 2. The molecule has 1 heterocycles. The molecule has 1 N–H and O–H groups in total. The van der Waals surface area contributed by atoms with Crippen LogP contribution in [0.5, 0.6) is 5.75 Å². The van der Waals surface area contributed by atoms with E-state index in [1.165, 1.54) is 25.3 Å². The Labute approximate surface area is 107 Å². The van der Waals surface area contributed by atoms with Gasteiger partial charge in [-0.3, -0.25) is 0 Å². The van der Waals surface area contributed by atoms with Gasteiger partial charge in [-0.2, -0.15) is 0 Å². The third kappa shape index (κ3) is 2.33. The Hall–Kier alpha value is -1.56. The Morgan fingerprint density at radius 3 is 2.94 bits per heavy atom. The molecular weight excluding hydrogens is 268 g/mol. The minimum atomic E-state index is -3.23. The largest absolute Gasteiger partial charge is 0.496 e. The summed E-state index contributed by atoms with van der Waals surface area (Å²) in [5, 5.41) is 2.36. The normalized spacial score (nSPS) is 22.0. The first-order valence-corrected chi connectivity index (χ1v) is 5.46. The summed E-state index contributed by atoms with van der Waals surface area (Å²) in [7, 11) is 1.35. The number of carbonyl (C=O) groups is 1. The van der Waals surface area contributed by atoms with Crippen LogP contribution in [0.1, 0.15) is 11.6 Å². The standard InChI is InChI=1S/C11H10ClF2NO3/c1-17-8-3-2-6(12)4-7(8)9-11(13,14)5-18-10(16)15-9/h2-4,9H,5H2,1H3,(H,15,16)/t9-/m1/s1. The van der Waals surface area contributed by atoms with E-state index in [0.29, 0.717) is 0 Å². The van der Waals surface area contributed by atoms with Crippen molar-refractivity contribution in [1.82, 2.24) is 5.32 Å². The highest BCUT2D eigenvalue weighted by molar-refractivity contribution is 6.30. The number of hydrogen-bond acceptors (Lipinski definition) is 3. The van der Waals surface area contributed by atoms with Gasteiger partial charge in [-0.1, -0.05) is 11.6 Å². The van der Waals surface area contributed by atoms with Crippen molar-refractivity contribution >= 4 is 17.7 Å². The molecule has 18 heavy (non-hydrogen) atoms. The SMILES string of the molecule is COc1ccc(Cl)cc1[C@H]1NC(=O)OCC1(F)F. The molecule has 0 aromatic heterocycles. The van der Waals surface area contributed by atoms with Gasteiger partial charge in [-0.15, -0.1) is 0 Å². The van der Waals surface area contributed by atoms with Crippen LogP contribution in [0.15, 0.2) is 18.2 Å². The monoisotopic (exact) mass is 277 g/mol. The quantitative estimate of drug-likeness (QED) is 0.904. The van der Waals surface area contributed by atoms with E-state index in [-0.39, 0.29) is 16.3 Å². The van der Waals surface area contributed by atoms with Gasteiger partial charge in [0.2, 0.25) is 0 Å². The molecule has 0 bridgehead atoms. The number of alkyl carbamates (subject to hydrolysis) is 1. The number of cyclic esters (lactones) is 1. The summed E-state index contributed by atoms with van der Waals surface area (Å²) in [6, 6.07) is 2.80. The number of amides is 1. The summed E-state index contributed by atoms with van der Waals surface area (Å²) < 4.78 is 36.7. The van der Waals surface area contributed by atoms with E-state index in [2.05, 4.69) is 10.1 Å². The fourth-order valence-electron chi connectivity index (χ4n) is 1.75. The predicted octanol–water partition coefficient (Wildman–Crippen LogP) is 2.76. The zero-order valence-electron chi connectivity index (χ0n) is 9.38. The molecule has 1 amide bonds. The summed E-state index contributed by atoms with van der Waals surface area (Å²) >= 11 is 5.78. The number of nitrogens with one attached hydrogen (secondary N) is 1. The summed E-state index contributed by atoms with van der Waals surface area (Å²) in [6.45, 7) is -0.973. The van der Waals surface area contributed by atoms with Gasteiger partial charge in [0, 0.05) is 10.6 Å². The lowest BCUT2D eigenvalue weighted by molar-refractivity contribution is -0.104. The minimum absolute atomic E-state index is 0.117. The first-order valence-electron chi connectivity index (χ1n) is 5.08. The number of hydrogen-bond donors (Lipinski definition) is 1. The van der Waals surface area contributed by atoms with Gasteiger partial charge in [-0.25, -0.2) is 13.6 Å². The molecular formula is C11H10ClF2NO3. The zero-order valence-corrected chi connectivity index (χ0v) is 10.1. The Kier molecular flexibility index (Phi) is 3.30. The van der Waals surface area contributed by atoms with Crippen molar-refractivity contribution < 1.29 is 23.0 Å². The summed E-state index contributed by atoms with van der Waals surface area (Å²) in [5.41, 5.74) is 0.117. The highest BCUT2D eigenvalue weighted by Gasteiger charge is 2.47. The van der Waals surface area contributed by atoms with Crippen LogP contribution in [-0.4, -0.2) is 25.7 Å². The molecule has 1 fully saturated rings. The van der Waals surface area contributed by atoms with Gasteiger partial charge in [0.15, 0.2) is 6.61 Å². The molecule has 1 saturated heterocycles. The van der Waals surface area contributed by atoms with Crippen molar-refractivity contribution in [3.05, 3.63) is 28.8 Å². The maximum atomic E-state index is 13.7. The molecule has 2 rings (SSSR count). The maximum Gasteiger partial charge on any atom is 0.408 e. The van der Waals surface area contributed by atoms with Crippen LogP contribution in [-0.2, 0) is 4.74 Å². The maximum absolute atomic E-state index is 13.7. The molecule has 0 unspecified atom stereocenters. The van der Waals surface area contributed by atoms with Gasteiger partial charge in [-0.05, 0) is 18.2 Å². The van der Waals surface area contributed by atoms with Crippen molar-refractivity contribution in [3.63, 3.8) is 0 Å². The smallest absolute Gasteiger partial charge is 0.408 e. The van der Waals surface area contributed by atoms with E-state index in [4.69, 9.17) is 16.3 Å². The van der Waals surface area contributed by atoms with Gasteiger partial charge in [0.25, 0.3) is 0 Å². The average molecular weight is 278 g/mol. The molecule has 1 atom stereocenters.